The van der Waals surface area contributed by atoms with Crippen LogP contribution in [0.25, 0.3) is 0 Å². The van der Waals surface area contributed by atoms with E-state index in [-0.39, 0.29) is 5.92 Å². The normalized spacial score (nSPS) is 16.2. The van der Waals surface area contributed by atoms with E-state index < -0.39 is 5.97 Å². The van der Waals surface area contributed by atoms with Gasteiger partial charge in [0.1, 0.15) is 0 Å². The standard InChI is InChI=1S/C18H34O2/c1-5-9-15(3)11-7-8-12-17(18(19)20)14-13-16(4)10-6-2/h5,9,15-17H,6-8,10-14H2,1-4H3,(H,19,20). The lowest BCUT2D eigenvalue weighted by Crippen LogP contribution is -2.15. The van der Waals surface area contributed by atoms with Crippen LogP contribution >= 0.6 is 0 Å². The summed E-state index contributed by atoms with van der Waals surface area (Å²) in [5.74, 6) is 0.547. The Morgan fingerprint density at radius 1 is 1.05 bits per heavy atom. The van der Waals surface area contributed by atoms with Crippen molar-refractivity contribution in [1.29, 1.82) is 0 Å². The minimum Gasteiger partial charge on any atom is -0.481 e. The molecular weight excluding hydrogens is 248 g/mol. The number of allylic oxidation sites excluding steroid dienone is 2. The Kier molecular flexibility index (Phi) is 11.5. The Morgan fingerprint density at radius 2 is 1.70 bits per heavy atom. The summed E-state index contributed by atoms with van der Waals surface area (Å²) in [5.41, 5.74) is 0. The van der Waals surface area contributed by atoms with Gasteiger partial charge in [0.2, 0.25) is 0 Å². The summed E-state index contributed by atoms with van der Waals surface area (Å²) in [6.45, 7) is 8.70. The zero-order valence-corrected chi connectivity index (χ0v) is 13.9. The van der Waals surface area contributed by atoms with Crippen molar-refractivity contribution in [1.82, 2.24) is 0 Å². The van der Waals surface area contributed by atoms with Crippen molar-refractivity contribution in [3.05, 3.63) is 12.2 Å². The monoisotopic (exact) mass is 282 g/mol. The molecule has 2 heteroatoms. The third-order valence-electron chi connectivity index (χ3n) is 4.12. The maximum Gasteiger partial charge on any atom is 0.306 e. The van der Waals surface area contributed by atoms with E-state index in [0.717, 1.165) is 32.1 Å². The fraction of sp³-hybridized carbons (Fsp3) is 0.833. The van der Waals surface area contributed by atoms with Crippen LogP contribution in [0.1, 0.15) is 79.1 Å². The van der Waals surface area contributed by atoms with E-state index in [9.17, 15) is 9.90 Å². The minimum absolute atomic E-state index is 0.133. The fourth-order valence-corrected chi connectivity index (χ4v) is 2.80. The van der Waals surface area contributed by atoms with Gasteiger partial charge in [0.15, 0.2) is 0 Å². The molecule has 0 aromatic heterocycles. The van der Waals surface area contributed by atoms with Crippen LogP contribution < -0.4 is 0 Å². The summed E-state index contributed by atoms with van der Waals surface area (Å²) in [7, 11) is 0. The van der Waals surface area contributed by atoms with E-state index in [4.69, 9.17) is 0 Å². The zero-order valence-electron chi connectivity index (χ0n) is 13.9. The lowest BCUT2D eigenvalue weighted by molar-refractivity contribution is -0.142. The Bertz CT molecular complexity index is 271. The molecule has 1 N–H and O–H groups in total. The first kappa shape index (κ1) is 19.2. The quantitative estimate of drug-likeness (QED) is 0.369. The lowest BCUT2D eigenvalue weighted by Gasteiger charge is -2.15. The smallest absolute Gasteiger partial charge is 0.306 e. The number of aliphatic carboxylic acids is 1. The Labute approximate surface area is 125 Å². The summed E-state index contributed by atoms with van der Waals surface area (Å²) < 4.78 is 0. The number of unbranched alkanes of at least 4 members (excludes halogenated alkanes) is 1. The first-order chi connectivity index (χ1) is 9.51. The predicted octanol–water partition coefficient (Wildman–Crippen LogP) is 5.68. The molecule has 2 nitrogen and oxygen atoms in total. The van der Waals surface area contributed by atoms with Gasteiger partial charge in [-0.15, -0.1) is 0 Å². The summed E-state index contributed by atoms with van der Waals surface area (Å²) >= 11 is 0. The molecule has 3 unspecified atom stereocenters. The number of carbonyl (C=O) groups is 1. The predicted molar refractivity (Wildman–Crippen MR) is 86.9 cm³/mol. The van der Waals surface area contributed by atoms with Crippen LogP contribution in [0.15, 0.2) is 12.2 Å². The van der Waals surface area contributed by atoms with Crippen molar-refractivity contribution >= 4 is 5.97 Å². The number of hydrogen-bond donors (Lipinski definition) is 1. The lowest BCUT2D eigenvalue weighted by atomic mass is 9.90. The van der Waals surface area contributed by atoms with Crippen molar-refractivity contribution in [3.8, 4) is 0 Å². The number of hydrogen-bond acceptors (Lipinski definition) is 1. The van der Waals surface area contributed by atoms with Crippen molar-refractivity contribution in [2.24, 2.45) is 17.8 Å². The molecule has 3 atom stereocenters. The van der Waals surface area contributed by atoms with Gasteiger partial charge in [0, 0.05) is 0 Å². The van der Waals surface area contributed by atoms with Gasteiger partial charge in [-0.2, -0.15) is 0 Å². The molecule has 0 radical (unpaired) electrons. The van der Waals surface area contributed by atoms with Crippen molar-refractivity contribution in [2.45, 2.75) is 79.1 Å². The zero-order chi connectivity index (χ0) is 15.4. The molecule has 0 aliphatic heterocycles. The maximum absolute atomic E-state index is 11.3. The summed E-state index contributed by atoms with van der Waals surface area (Å²) in [4.78, 5) is 11.3. The van der Waals surface area contributed by atoms with E-state index >= 15 is 0 Å². The number of carboxylic acids is 1. The largest absolute Gasteiger partial charge is 0.481 e. The van der Waals surface area contributed by atoms with Crippen LogP contribution in [0.2, 0.25) is 0 Å². The van der Waals surface area contributed by atoms with Crippen LogP contribution in [0, 0.1) is 17.8 Å². The number of rotatable bonds is 12. The van der Waals surface area contributed by atoms with Crippen LogP contribution in [0.4, 0.5) is 0 Å². The van der Waals surface area contributed by atoms with E-state index in [1.54, 1.807) is 0 Å². The third kappa shape index (κ3) is 10.1. The van der Waals surface area contributed by atoms with E-state index in [0.29, 0.717) is 11.8 Å². The molecule has 0 bridgehead atoms. The molecule has 20 heavy (non-hydrogen) atoms. The van der Waals surface area contributed by atoms with E-state index in [1.165, 1.54) is 19.3 Å². The van der Waals surface area contributed by atoms with E-state index in [2.05, 4.69) is 39.8 Å². The van der Waals surface area contributed by atoms with Gasteiger partial charge in [-0.25, -0.2) is 0 Å². The molecule has 0 heterocycles. The second-order valence-electron chi connectivity index (χ2n) is 6.29. The molecule has 0 fully saturated rings. The molecule has 0 rings (SSSR count). The molecular formula is C18H34O2. The Balaban J connectivity index is 3.89. The van der Waals surface area contributed by atoms with Crippen LogP contribution in [-0.2, 0) is 4.79 Å². The van der Waals surface area contributed by atoms with E-state index in [1.807, 2.05) is 0 Å². The van der Waals surface area contributed by atoms with Crippen LogP contribution in [0.3, 0.4) is 0 Å². The maximum atomic E-state index is 11.3. The Morgan fingerprint density at radius 3 is 2.25 bits per heavy atom. The molecule has 0 aromatic carbocycles. The van der Waals surface area contributed by atoms with Gasteiger partial charge in [-0.3, -0.25) is 4.79 Å². The molecule has 0 saturated heterocycles. The average Bonchev–Trinajstić information content (AvgIpc) is 2.38. The number of carboxylic acid groups (broad SMARTS) is 1. The summed E-state index contributed by atoms with van der Waals surface area (Å²) in [6, 6.07) is 0. The van der Waals surface area contributed by atoms with Crippen molar-refractivity contribution in [3.63, 3.8) is 0 Å². The average molecular weight is 282 g/mol. The highest BCUT2D eigenvalue weighted by Crippen LogP contribution is 2.22. The van der Waals surface area contributed by atoms with Gasteiger partial charge in [-0.05, 0) is 44.4 Å². The van der Waals surface area contributed by atoms with Crippen LogP contribution in [0.5, 0.6) is 0 Å². The molecule has 0 saturated carbocycles. The SMILES string of the molecule is CC=CC(C)CCCCC(CCC(C)CCC)C(=O)O. The first-order valence-corrected chi connectivity index (χ1v) is 8.36. The summed E-state index contributed by atoms with van der Waals surface area (Å²) in [5, 5.41) is 9.30. The first-order valence-electron chi connectivity index (χ1n) is 8.36. The Hall–Kier alpha value is -0.790. The fourth-order valence-electron chi connectivity index (χ4n) is 2.80. The van der Waals surface area contributed by atoms with Gasteiger partial charge in [-0.1, -0.05) is 58.6 Å². The summed E-state index contributed by atoms with van der Waals surface area (Å²) in [6.07, 6.45) is 12.8. The highest BCUT2D eigenvalue weighted by atomic mass is 16.4. The van der Waals surface area contributed by atoms with Gasteiger partial charge >= 0.3 is 5.97 Å². The van der Waals surface area contributed by atoms with Crippen molar-refractivity contribution < 1.29 is 9.90 Å². The van der Waals surface area contributed by atoms with Gasteiger partial charge in [0.25, 0.3) is 0 Å². The van der Waals surface area contributed by atoms with Crippen LogP contribution in [-0.4, -0.2) is 11.1 Å². The second kappa shape index (κ2) is 12.0. The third-order valence-corrected chi connectivity index (χ3v) is 4.12. The van der Waals surface area contributed by atoms with Gasteiger partial charge in [0.05, 0.1) is 5.92 Å². The molecule has 118 valence electrons. The van der Waals surface area contributed by atoms with Gasteiger partial charge < -0.3 is 5.11 Å². The molecule has 0 aliphatic rings. The second-order valence-corrected chi connectivity index (χ2v) is 6.29. The minimum atomic E-state index is -0.602. The molecule has 0 spiro atoms. The molecule has 0 aromatic rings. The van der Waals surface area contributed by atoms with Crippen molar-refractivity contribution in [2.75, 3.05) is 0 Å². The highest BCUT2D eigenvalue weighted by Gasteiger charge is 2.17. The molecule has 0 amide bonds. The topological polar surface area (TPSA) is 37.3 Å². The highest BCUT2D eigenvalue weighted by molar-refractivity contribution is 5.69. The molecule has 0 aliphatic carbocycles.